The summed E-state index contributed by atoms with van der Waals surface area (Å²) in [6.45, 7) is 1.73. The van der Waals surface area contributed by atoms with Gasteiger partial charge in [0.2, 0.25) is 5.75 Å². The smallest absolute Gasteiger partial charge is 0.502 e. The molecule has 0 saturated carbocycles. The van der Waals surface area contributed by atoms with Crippen molar-refractivity contribution in [2.24, 2.45) is 0 Å². The molecule has 1 rings (SSSR count). The molecule has 0 spiro atoms. The summed E-state index contributed by atoms with van der Waals surface area (Å²) in [7, 11) is 1.38. The number of ether oxygens (including phenoxy) is 2. The van der Waals surface area contributed by atoms with E-state index in [1.165, 1.54) is 13.2 Å². The van der Waals surface area contributed by atoms with Crippen LogP contribution < -0.4 is 9.47 Å². The summed E-state index contributed by atoms with van der Waals surface area (Å²) in [5.41, 5.74) is 0.697. The van der Waals surface area contributed by atoms with E-state index >= 15 is 0 Å². The molecule has 0 heterocycles. The normalized spacial score (nSPS) is 9.57. The molecule has 0 fully saturated rings. The number of aromatic hydroxyl groups is 1. The largest absolute Gasteiger partial charge is 0.511 e. The Kier molecular flexibility index (Phi) is 2.81. The molecule has 5 heteroatoms. The first-order valence-corrected chi connectivity index (χ1v) is 3.83. The Morgan fingerprint density at radius 2 is 2.07 bits per heavy atom. The molecule has 2 N–H and O–H groups in total. The van der Waals surface area contributed by atoms with E-state index in [-0.39, 0.29) is 17.2 Å². The van der Waals surface area contributed by atoms with Crippen molar-refractivity contribution in [3.8, 4) is 17.2 Å². The summed E-state index contributed by atoms with van der Waals surface area (Å²) in [5, 5.41) is 17.9. The number of rotatable bonds is 2. The van der Waals surface area contributed by atoms with Crippen molar-refractivity contribution in [3.05, 3.63) is 17.7 Å². The van der Waals surface area contributed by atoms with Crippen LogP contribution in [0.15, 0.2) is 12.1 Å². The highest BCUT2D eigenvalue weighted by atomic mass is 16.7. The number of carbonyl (C=O) groups is 1. The number of hydrogen-bond donors (Lipinski definition) is 2. The third kappa shape index (κ3) is 1.87. The van der Waals surface area contributed by atoms with E-state index < -0.39 is 6.16 Å². The van der Waals surface area contributed by atoms with Crippen molar-refractivity contribution in [2.75, 3.05) is 7.11 Å². The van der Waals surface area contributed by atoms with Crippen molar-refractivity contribution in [2.45, 2.75) is 6.92 Å². The number of phenolic OH excluding ortho intramolecular Hbond substituents is 1. The summed E-state index contributed by atoms with van der Waals surface area (Å²) in [4.78, 5) is 10.2. The summed E-state index contributed by atoms with van der Waals surface area (Å²) in [6, 6.07) is 2.96. The minimum Gasteiger partial charge on any atom is -0.502 e. The first kappa shape index (κ1) is 10.2. The van der Waals surface area contributed by atoms with Gasteiger partial charge in [0.25, 0.3) is 0 Å². The van der Waals surface area contributed by atoms with Gasteiger partial charge >= 0.3 is 6.16 Å². The van der Waals surface area contributed by atoms with E-state index in [1.807, 2.05) is 0 Å². The van der Waals surface area contributed by atoms with Gasteiger partial charge in [-0.15, -0.1) is 0 Å². The van der Waals surface area contributed by atoms with Crippen LogP contribution in [0.1, 0.15) is 5.56 Å². The molecule has 0 atom stereocenters. The van der Waals surface area contributed by atoms with E-state index in [0.717, 1.165) is 0 Å². The minimum atomic E-state index is -1.48. The summed E-state index contributed by atoms with van der Waals surface area (Å²) >= 11 is 0. The molecule has 0 aliphatic carbocycles. The van der Waals surface area contributed by atoms with Crippen LogP contribution in [0.2, 0.25) is 0 Å². The van der Waals surface area contributed by atoms with Crippen LogP contribution in [0.25, 0.3) is 0 Å². The highest BCUT2D eigenvalue weighted by molar-refractivity contribution is 5.65. The van der Waals surface area contributed by atoms with Crippen LogP contribution >= 0.6 is 0 Å². The molecule has 0 aliphatic heterocycles. The summed E-state index contributed by atoms with van der Waals surface area (Å²) in [6.07, 6.45) is -1.48. The second-order valence-electron chi connectivity index (χ2n) is 2.63. The third-order valence-corrected chi connectivity index (χ3v) is 1.69. The maximum Gasteiger partial charge on any atom is 0.511 e. The number of methoxy groups -OCH3 is 1. The van der Waals surface area contributed by atoms with Crippen molar-refractivity contribution < 1.29 is 24.5 Å². The van der Waals surface area contributed by atoms with Crippen molar-refractivity contribution in [1.82, 2.24) is 0 Å². The van der Waals surface area contributed by atoms with Gasteiger partial charge in [-0.25, -0.2) is 4.79 Å². The average Bonchev–Trinajstić information content (AvgIpc) is 2.10. The number of phenols is 1. The fraction of sp³-hybridized carbons (Fsp3) is 0.222. The maximum atomic E-state index is 10.2. The van der Waals surface area contributed by atoms with Crippen molar-refractivity contribution in [1.29, 1.82) is 0 Å². The van der Waals surface area contributed by atoms with Gasteiger partial charge in [0.15, 0.2) is 11.5 Å². The molecule has 1 aromatic rings. The van der Waals surface area contributed by atoms with Crippen LogP contribution in [0.3, 0.4) is 0 Å². The Morgan fingerprint density at radius 3 is 2.57 bits per heavy atom. The predicted octanol–water partition coefficient (Wildman–Crippen LogP) is 1.77. The first-order chi connectivity index (χ1) is 6.56. The van der Waals surface area contributed by atoms with Gasteiger partial charge in [-0.1, -0.05) is 6.07 Å². The Morgan fingerprint density at radius 1 is 1.43 bits per heavy atom. The standard InChI is InChI=1S/C9H10O5/c1-5-3-4-6(14-9(11)12)7(10)8(5)13-2/h3-4,10H,1-2H3,(H,11,12). The lowest BCUT2D eigenvalue weighted by Crippen LogP contribution is -2.03. The molecule has 0 amide bonds. The van der Waals surface area contributed by atoms with Crippen LogP contribution in [-0.2, 0) is 0 Å². The second-order valence-corrected chi connectivity index (χ2v) is 2.63. The molecule has 0 bridgehead atoms. The second kappa shape index (κ2) is 3.87. The van der Waals surface area contributed by atoms with Crippen LogP contribution in [0.5, 0.6) is 17.2 Å². The maximum absolute atomic E-state index is 10.2. The van der Waals surface area contributed by atoms with Crippen LogP contribution in [0, 0.1) is 6.92 Å². The van der Waals surface area contributed by atoms with Gasteiger partial charge in [0.1, 0.15) is 0 Å². The number of aryl methyl sites for hydroxylation is 1. The number of carboxylic acid groups (broad SMARTS) is 1. The molecule has 0 aromatic heterocycles. The van der Waals surface area contributed by atoms with Gasteiger partial charge in [0, 0.05) is 0 Å². The Balaban J connectivity index is 3.14. The lowest BCUT2D eigenvalue weighted by atomic mass is 10.2. The summed E-state index contributed by atoms with van der Waals surface area (Å²) in [5.74, 6) is -0.237. The molecule has 0 unspecified atom stereocenters. The zero-order valence-corrected chi connectivity index (χ0v) is 7.77. The molecule has 76 valence electrons. The third-order valence-electron chi connectivity index (χ3n) is 1.69. The quantitative estimate of drug-likeness (QED) is 0.559. The van der Waals surface area contributed by atoms with E-state index in [9.17, 15) is 9.90 Å². The number of benzene rings is 1. The molecular formula is C9H10O5. The topological polar surface area (TPSA) is 76.0 Å². The zero-order valence-electron chi connectivity index (χ0n) is 7.77. The molecule has 5 nitrogen and oxygen atoms in total. The lowest BCUT2D eigenvalue weighted by molar-refractivity contribution is 0.142. The monoisotopic (exact) mass is 198 g/mol. The van der Waals surface area contributed by atoms with Gasteiger partial charge in [-0.3, -0.25) is 0 Å². The van der Waals surface area contributed by atoms with Gasteiger partial charge < -0.3 is 19.7 Å². The average molecular weight is 198 g/mol. The molecule has 1 aromatic carbocycles. The fourth-order valence-corrected chi connectivity index (χ4v) is 1.09. The highest BCUT2D eigenvalue weighted by Crippen LogP contribution is 2.38. The SMILES string of the molecule is COc1c(C)ccc(OC(=O)O)c1O. The van der Waals surface area contributed by atoms with E-state index in [2.05, 4.69) is 4.74 Å². The van der Waals surface area contributed by atoms with Gasteiger partial charge in [0.05, 0.1) is 7.11 Å². The molecule has 0 aliphatic rings. The Labute approximate surface area is 80.5 Å². The first-order valence-electron chi connectivity index (χ1n) is 3.83. The molecule has 0 radical (unpaired) electrons. The minimum absolute atomic E-state index is 0.139. The molecule has 0 saturated heterocycles. The van der Waals surface area contributed by atoms with Gasteiger partial charge in [-0.2, -0.15) is 0 Å². The fourth-order valence-electron chi connectivity index (χ4n) is 1.09. The molecule has 14 heavy (non-hydrogen) atoms. The van der Waals surface area contributed by atoms with E-state index in [1.54, 1.807) is 13.0 Å². The van der Waals surface area contributed by atoms with E-state index in [0.29, 0.717) is 5.56 Å². The highest BCUT2D eigenvalue weighted by Gasteiger charge is 2.13. The van der Waals surface area contributed by atoms with E-state index in [4.69, 9.17) is 9.84 Å². The van der Waals surface area contributed by atoms with Crippen LogP contribution in [-0.4, -0.2) is 23.5 Å². The summed E-state index contributed by atoms with van der Waals surface area (Å²) < 4.78 is 9.20. The van der Waals surface area contributed by atoms with Crippen LogP contribution in [0.4, 0.5) is 4.79 Å². The van der Waals surface area contributed by atoms with Gasteiger partial charge in [-0.05, 0) is 18.6 Å². The predicted molar refractivity (Wildman–Crippen MR) is 48.0 cm³/mol. The Hall–Kier alpha value is -1.91. The van der Waals surface area contributed by atoms with Crippen molar-refractivity contribution in [3.63, 3.8) is 0 Å². The Bertz CT molecular complexity index is 358. The molecular weight excluding hydrogens is 188 g/mol. The lowest BCUT2D eigenvalue weighted by Gasteiger charge is -2.09. The van der Waals surface area contributed by atoms with Crippen molar-refractivity contribution >= 4 is 6.16 Å². The zero-order chi connectivity index (χ0) is 10.7. The number of hydrogen-bond acceptors (Lipinski definition) is 4.